The molecule has 0 spiro atoms. The molecule has 1 saturated heterocycles. The summed E-state index contributed by atoms with van der Waals surface area (Å²) < 4.78 is 5.30. The van der Waals surface area contributed by atoms with Gasteiger partial charge in [-0.3, -0.25) is 4.79 Å². The molecule has 1 aliphatic rings. The molecule has 2 rings (SSSR count). The second kappa shape index (κ2) is 7.25. The van der Waals surface area contributed by atoms with E-state index >= 15 is 0 Å². The molecule has 1 aliphatic heterocycles. The summed E-state index contributed by atoms with van der Waals surface area (Å²) in [6.07, 6.45) is 1.59. The largest absolute Gasteiger partial charge is 0.384 e. The van der Waals surface area contributed by atoms with Crippen molar-refractivity contribution in [3.8, 4) is 0 Å². The highest BCUT2D eigenvalue weighted by atomic mass is 35.5. The van der Waals surface area contributed by atoms with Gasteiger partial charge in [0.1, 0.15) is 0 Å². The van der Waals surface area contributed by atoms with E-state index in [2.05, 4.69) is 10.6 Å². The van der Waals surface area contributed by atoms with Crippen molar-refractivity contribution < 1.29 is 9.53 Å². The summed E-state index contributed by atoms with van der Waals surface area (Å²) in [6.45, 7) is 4.10. The fraction of sp³-hybridized carbons (Fsp3) is 0.562. The number of ether oxygens (including phenoxy) is 1. The Hall–Kier alpha value is -1.10. The molecule has 2 N–H and O–H groups in total. The van der Waals surface area contributed by atoms with E-state index in [1.165, 1.54) is 0 Å². The maximum atomic E-state index is 12.7. The number of hydrogen-bond acceptors (Lipinski definition) is 3. The van der Waals surface area contributed by atoms with Crippen LogP contribution in [0.25, 0.3) is 0 Å². The van der Waals surface area contributed by atoms with E-state index in [1.54, 1.807) is 7.11 Å². The highest BCUT2D eigenvalue weighted by Gasteiger charge is 2.40. The van der Waals surface area contributed by atoms with Gasteiger partial charge in [0.05, 0.1) is 18.1 Å². The van der Waals surface area contributed by atoms with Gasteiger partial charge in [-0.05, 0) is 44.5 Å². The van der Waals surface area contributed by atoms with E-state index in [4.69, 9.17) is 16.3 Å². The van der Waals surface area contributed by atoms with Crippen LogP contribution in [-0.4, -0.2) is 32.7 Å². The molecule has 1 aromatic carbocycles. The van der Waals surface area contributed by atoms with Gasteiger partial charge in [-0.1, -0.05) is 29.8 Å². The Morgan fingerprint density at radius 3 is 2.71 bits per heavy atom. The van der Waals surface area contributed by atoms with Gasteiger partial charge in [-0.15, -0.1) is 0 Å². The van der Waals surface area contributed by atoms with Crippen LogP contribution in [0.1, 0.15) is 31.4 Å². The van der Waals surface area contributed by atoms with Gasteiger partial charge in [0, 0.05) is 12.1 Å². The molecule has 0 bridgehead atoms. The number of rotatable bonds is 5. The first-order chi connectivity index (χ1) is 10.1. The van der Waals surface area contributed by atoms with E-state index in [0.717, 1.165) is 31.5 Å². The van der Waals surface area contributed by atoms with Crippen LogP contribution in [-0.2, 0) is 9.53 Å². The van der Waals surface area contributed by atoms with Gasteiger partial charge in [-0.2, -0.15) is 0 Å². The number of benzene rings is 1. The average molecular weight is 311 g/mol. The third-order valence-electron chi connectivity index (χ3n) is 4.18. The molecule has 0 saturated carbocycles. The molecule has 5 heteroatoms. The number of amides is 1. The van der Waals surface area contributed by atoms with Crippen LogP contribution in [0.2, 0.25) is 5.02 Å². The maximum absolute atomic E-state index is 12.7. The first-order valence-corrected chi connectivity index (χ1v) is 7.72. The summed E-state index contributed by atoms with van der Waals surface area (Å²) >= 11 is 6.20. The Morgan fingerprint density at radius 1 is 1.43 bits per heavy atom. The molecule has 21 heavy (non-hydrogen) atoms. The van der Waals surface area contributed by atoms with Gasteiger partial charge in [-0.25, -0.2) is 0 Å². The fourth-order valence-electron chi connectivity index (χ4n) is 2.87. The van der Waals surface area contributed by atoms with Crippen molar-refractivity contribution in [2.45, 2.75) is 25.8 Å². The summed E-state index contributed by atoms with van der Waals surface area (Å²) in [6, 6.07) is 7.49. The summed E-state index contributed by atoms with van der Waals surface area (Å²) in [7, 11) is 1.65. The Balaban J connectivity index is 2.10. The van der Waals surface area contributed by atoms with Crippen molar-refractivity contribution in [2.75, 3.05) is 26.8 Å². The van der Waals surface area contributed by atoms with Crippen molar-refractivity contribution in [2.24, 2.45) is 5.41 Å². The SMILES string of the molecule is COCC1(C(=O)N[C@H](C)c2ccccc2Cl)CCNCC1. The molecule has 1 amide bonds. The summed E-state index contributed by atoms with van der Waals surface area (Å²) in [5, 5.41) is 7.07. The van der Waals surface area contributed by atoms with Crippen molar-refractivity contribution in [1.29, 1.82) is 0 Å². The maximum Gasteiger partial charge on any atom is 0.229 e. The predicted molar refractivity (Wildman–Crippen MR) is 84.4 cm³/mol. The lowest BCUT2D eigenvalue weighted by Gasteiger charge is -2.36. The number of hydrogen-bond donors (Lipinski definition) is 2. The number of halogens is 1. The minimum Gasteiger partial charge on any atom is -0.384 e. The Morgan fingerprint density at radius 2 is 2.10 bits per heavy atom. The molecule has 1 heterocycles. The normalized spacial score (nSPS) is 19.0. The highest BCUT2D eigenvalue weighted by Crippen LogP contribution is 2.31. The number of carbonyl (C=O) groups excluding carboxylic acids is 1. The molecule has 1 aromatic rings. The zero-order chi connectivity index (χ0) is 15.3. The smallest absolute Gasteiger partial charge is 0.229 e. The molecule has 0 radical (unpaired) electrons. The van der Waals surface area contributed by atoms with Crippen LogP contribution in [0.15, 0.2) is 24.3 Å². The van der Waals surface area contributed by atoms with Crippen molar-refractivity contribution >= 4 is 17.5 Å². The molecule has 0 aromatic heterocycles. The lowest BCUT2D eigenvalue weighted by atomic mass is 9.78. The lowest BCUT2D eigenvalue weighted by Crippen LogP contribution is -2.50. The van der Waals surface area contributed by atoms with Crippen LogP contribution in [0.3, 0.4) is 0 Å². The number of piperidine rings is 1. The van der Waals surface area contributed by atoms with Gasteiger partial charge in [0.25, 0.3) is 0 Å². The zero-order valence-electron chi connectivity index (χ0n) is 12.6. The summed E-state index contributed by atoms with van der Waals surface area (Å²) in [5.41, 5.74) is 0.504. The third-order valence-corrected chi connectivity index (χ3v) is 4.53. The summed E-state index contributed by atoms with van der Waals surface area (Å²) in [4.78, 5) is 12.7. The molecule has 116 valence electrons. The number of methoxy groups -OCH3 is 1. The minimum atomic E-state index is -0.435. The minimum absolute atomic E-state index is 0.0540. The van der Waals surface area contributed by atoms with Gasteiger partial charge < -0.3 is 15.4 Å². The average Bonchev–Trinajstić information content (AvgIpc) is 2.48. The van der Waals surface area contributed by atoms with Crippen LogP contribution in [0.4, 0.5) is 0 Å². The molecule has 0 aliphatic carbocycles. The first-order valence-electron chi connectivity index (χ1n) is 7.34. The zero-order valence-corrected chi connectivity index (χ0v) is 13.4. The molecule has 4 nitrogen and oxygen atoms in total. The van der Waals surface area contributed by atoms with Crippen molar-refractivity contribution in [1.82, 2.24) is 10.6 Å². The molecule has 0 unspecified atom stereocenters. The monoisotopic (exact) mass is 310 g/mol. The van der Waals surface area contributed by atoms with Crippen LogP contribution in [0, 0.1) is 5.41 Å². The Kier molecular flexibility index (Phi) is 5.62. The van der Waals surface area contributed by atoms with Crippen molar-refractivity contribution in [3.63, 3.8) is 0 Å². The lowest BCUT2D eigenvalue weighted by molar-refractivity contribution is -0.136. The number of nitrogens with one attached hydrogen (secondary N) is 2. The fourth-order valence-corrected chi connectivity index (χ4v) is 3.17. The van der Waals surface area contributed by atoms with Gasteiger partial charge in [0.2, 0.25) is 5.91 Å². The van der Waals surface area contributed by atoms with Gasteiger partial charge >= 0.3 is 0 Å². The van der Waals surface area contributed by atoms with Gasteiger partial charge in [0.15, 0.2) is 0 Å². The van der Waals surface area contributed by atoms with Crippen LogP contribution in [0.5, 0.6) is 0 Å². The van der Waals surface area contributed by atoms with E-state index in [1.807, 2.05) is 31.2 Å². The van der Waals surface area contributed by atoms with E-state index in [9.17, 15) is 4.79 Å². The topological polar surface area (TPSA) is 50.4 Å². The van der Waals surface area contributed by atoms with Crippen LogP contribution >= 0.6 is 11.6 Å². The van der Waals surface area contributed by atoms with Crippen LogP contribution < -0.4 is 10.6 Å². The van der Waals surface area contributed by atoms with E-state index in [0.29, 0.717) is 11.6 Å². The van der Waals surface area contributed by atoms with E-state index < -0.39 is 5.41 Å². The standard InChI is InChI=1S/C16H23ClN2O2/c1-12(13-5-3-4-6-14(13)17)19-15(20)16(11-21-2)7-9-18-10-8-16/h3-6,12,18H,7-11H2,1-2H3,(H,19,20)/t12-/m1/s1. The predicted octanol–water partition coefficient (Wildman–Crippen LogP) is 2.53. The molecular formula is C16H23ClN2O2. The third kappa shape index (κ3) is 3.76. The number of carbonyl (C=O) groups is 1. The van der Waals surface area contributed by atoms with Crippen molar-refractivity contribution in [3.05, 3.63) is 34.9 Å². The first kappa shape index (κ1) is 16.3. The molecule has 1 fully saturated rings. The van der Waals surface area contributed by atoms with E-state index in [-0.39, 0.29) is 11.9 Å². The molecule has 1 atom stereocenters. The Bertz CT molecular complexity index is 481. The second-order valence-electron chi connectivity index (χ2n) is 5.68. The Labute approximate surface area is 131 Å². The molecular weight excluding hydrogens is 288 g/mol. The second-order valence-corrected chi connectivity index (χ2v) is 6.09. The summed E-state index contributed by atoms with van der Waals surface area (Å²) in [5.74, 6) is 0.0540. The highest BCUT2D eigenvalue weighted by molar-refractivity contribution is 6.31. The quantitative estimate of drug-likeness (QED) is 0.878.